The fourth-order valence-electron chi connectivity index (χ4n) is 1.69. The minimum atomic E-state index is -1.19. The Hall–Kier alpha value is -1.53. The highest BCUT2D eigenvalue weighted by Crippen LogP contribution is 2.21. The smallest absolute Gasteiger partial charge is 0.303 e. The van der Waals surface area contributed by atoms with E-state index < -0.39 is 29.7 Å². The Kier molecular flexibility index (Phi) is 5.85. The molecule has 0 radical (unpaired) electrons. The summed E-state index contributed by atoms with van der Waals surface area (Å²) >= 11 is 0. The number of carboxylic acids is 1. The lowest BCUT2D eigenvalue weighted by Crippen LogP contribution is -2.33. The average molecular weight is 273 g/mol. The zero-order chi connectivity index (χ0) is 14.4. The van der Waals surface area contributed by atoms with Gasteiger partial charge in [0.05, 0.1) is 6.10 Å². The third-order valence-electron chi connectivity index (χ3n) is 2.78. The van der Waals surface area contributed by atoms with Crippen LogP contribution in [0.2, 0.25) is 0 Å². The zero-order valence-corrected chi connectivity index (χ0v) is 10.6. The molecule has 1 aromatic rings. The van der Waals surface area contributed by atoms with Crippen LogP contribution in [0.5, 0.6) is 0 Å². The molecule has 0 saturated carbocycles. The Bertz CT molecular complexity index is 440. The Morgan fingerprint density at radius 2 is 2.11 bits per heavy atom. The van der Waals surface area contributed by atoms with E-state index >= 15 is 0 Å². The van der Waals surface area contributed by atoms with Gasteiger partial charge in [0.1, 0.15) is 11.6 Å². The maximum Gasteiger partial charge on any atom is 0.303 e. The maximum absolute atomic E-state index is 13.4. The highest BCUT2D eigenvalue weighted by molar-refractivity contribution is 5.66. The fourth-order valence-corrected chi connectivity index (χ4v) is 1.69. The monoisotopic (exact) mass is 273 g/mol. The molecule has 106 valence electrons. The predicted molar refractivity (Wildman–Crippen MR) is 65.7 cm³/mol. The van der Waals surface area contributed by atoms with E-state index in [1.807, 2.05) is 0 Å². The van der Waals surface area contributed by atoms with E-state index in [9.17, 15) is 18.7 Å². The summed E-state index contributed by atoms with van der Waals surface area (Å²) in [5.41, 5.74) is -0.113. The molecule has 0 heterocycles. The third kappa shape index (κ3) is 4.92. The largest absolute Gasteiger partial charge is 0.481 e. The quantitative estimate of drug-likeness (QED) is 0.663. The summed E-state index contributed by atoms with van der Waals surface area (Å²) in [5, 5.41) is 21.3. The molecule has 4 nitrogen and oxygen atoms in total. The van der Waals surface area contributed by atoms with Crippen molar-refractivity contribution in [2.75, 3.05) is 6.54 Å². The number of carbonyl (C=O) groups is 1. The summed E-state index contributed by atoms with van der Waals surface area (Å²) < 4.78 is 26.4. The van der Waals surface area contributed by atoms with Crippen molar-refractivity contribution in [3.05, 3.63) is 35.4 Å². The van der Waals surface area contributed by atoms with Crippen molar-refractivity contribution < 1.29 is 23.8 Å². The zero-order valence-electron chi connectivity index (χ0n) is 10.6. The molecule has 0 aliphatic carbocycles. The molecular formula is C13H17F2NO3. The van der Waals surface area contributed by atoms with Gasteiger partial charge >= 0.3 is 5.97 Å². The summed E-state index contributed by atoms with van der Waals surface area (Å²) in [6.07, 6.45) is -0.775. The number of benzene rings is 1. The number of carboxylic acid groups (broad SMARTS) is 1. The van der Waals surface area contributed by atoms with Crippen molar-refractivity contribution in [3.8, 4) is 0 Å². The number of nitrogens with one attached hydrogen (secondary N) is 1. The molecule has 1 rings (SSSR count). The molecule has 1 aromatic carbocycles. The molecule has 6 heteroatoms. The highest BCUT2D eigenvalue weighted by atomic mass is 19.1. The molecular weight excluding hydrogens is 256 g/mol. The van der Waals surface area contributed by atoms with E-state index in [-0.39, 0.29) is 12.0 Å². The summed E-state index contributed by atoms with van der Waals surface area (Å²) in [4.78, 5) is 10.3. The second-order valence-electron chi connectivity index (χ2n) is 4.35. The van der Waals surface area contributed by atoms with Gasteiger partial charge < -0.3 is 15.5 Å². The van der Waals surface area contributed by atoms with E-state index in [2.05, 4.69) is 5.32 Å². The summed E-state index contributed by atoms with van der Waals surface area (Å²) in [5.74, 6) is -2.19. The van der Waals surface area contributed by atoms with Crippen LogP contribution < -0.4 is 5.32 Å². The SMILES string of the molecule is CC(NCCCC(=O)O)C(O)c1cc(F)ccc1F. The molecule has 2 unspecified atom stereocenters. The first-order valence-corrected chi connectivity index (χ1v) is 6.00. The minimum absolute atomic E-state index is 0.0180. The molecule has 0 amide bonds. The number of hydrogen-bond acceptors (Lipinski definition) is 3. The molecule has 3 N–H and O–H groups in total. The normalized spacial score (nSPS) is 14.1. The summed E-state index contributed by atoms with van der Waals surface area (Å²) in [6.45, 7) is 2.00. The van der Waals surface area contributed by atoms with E-state index in [1.165, 1.54) is 0 Å². The Labute approximate surface area is 110 Å². The van der Waals surface area contributed by atoms with Gasteiger partial charge in [-0.1, -0.05) is 0 Å². The molecule has 0 fully saturated rings. The fraction of sp³-hybridized carbons (Fsp3) is 0.462. The number of halogens is 2. The maximum atomic E-state index is 13.4. The van der Waals surface area contributed by atoms with Gasteiger partial charge in [0, 0.05) is 18.0 Å². The van der Waals surface area contributed by atoms with Crippen molar-refractivity contribution in [2.24, 2.45) is 0 Å². The van der Waals surface area contributed by atoms with Gasteiger partial charge in [-0.25, -0.2) is 8.78 Å². The average Bonchev–Trinajstić information content (AvgIpc) is 2.36. The molecule has 0 aliphatic heterocycles. The highest BCUT2D eigenvalue weighted by Gasteiger charge is 2.19. The summed E-state index contributed by atoms with van der Waals surface area (Å²) in [6, 6.07) is 2.39. The Morgan fingerprint density at radius 1 is 1.42 bits per heavy atom. The molecule has 0 spiro atoms. The van der Waals surface area contributed by atoms with Crippen molar-refractivity contribution in [1.29, 1.82) is 0 Å². The van der Waals surface area contributed by atoms with Crippen molar-refractivity contribution >= 4 is 5.97 Å². The molecule has 0 aliphatic rings. The van der Waals surface area contributed by atoms with E-state index in [1.54, 1.807) is 6.92 Å². The lowest BCUT2D eigenvalue weighted by molar-refractivity contribution is -0.137. The number of aliphatic carboxylic acids is 1. The number of hydrogen-bond donors (Lipinski definition) is 3. The molecule has 2 atom stereocenters. The van der Waals surface area contributed by atoms with Gasteiger partial charge in [-0.15, -0.1) is 0 Å². The third-order valence-corrected chi connectivity index (χ3v) is 2.78. The van der Waals surface area contributed by atoms with Gasteiger partial charge in [0.25, 0.3) is 0 Å². The Balaban J connectivity index is 2.54. The minimum Gasteiger partial charge on any atom is -0.481 e. The van der Waals surface area contributed by atoms with Gasteiger partial charge in [-0.3, -0.25) is 4.79 Å². The van der Waals surface area contributed by atoms with Crippen LogP contribution in [0.15, 0.2) is 18.2 Å². The number of aliphatic hydroxyl groups is 1. The van der Waals surface area contributed by atoms with Crippen LogP contribution in [-0.4, -0.2) is 28.8 Å². The molecule has 0 bridgehead atoms. The predicted octanol–water partition coefficient (Wildman–Crippen LogP) is 1.84. The van der Waals surface area contributed by atoms with Crippen LogP contribution >= 0.6 is 0 Å². The van der Waals surface area contributed by atoms with Crippen LogP contribution in [0.3, 0.4) is 0 Å². The van der Waals surface area contributed by atoms with E-state index in [4.69, 9.17) is 5.11 Å². The van der Waals surface area contributed by atoms with Crippen LogP contribution in [0, 0.1) is 11.6 Å². The molecule has 0 aromatic heterocycles. The lowest BCUT2D eigenvalue weighted by Gasteiger charge is -2.21. The Morgan fingerprint density at radius 3 is 2.74 bits per heavy atom. The van der Waals surface area contributed by atoms with Gasteiger partial charge in [-0.05, 0) is 38.1 Å². The number of rotatable bonds is 7. The van der Waals surface area contributed by atoms with Crippen LogP contribution in [-0.2, 0) is 4.79 Å². The lowest BCUT2D eigenvalue weighted by atomic mass is 10.0. The van der Waals surface area contributed by atoms with Crippen molar-refractivity contribution in [2.45, 2.75) is 31.9 Å². The molecule has 0 saturated heterocycles. The second-order valence-corrected chi connectivity index (χ2v) is 4.35. The topological polar surface area (TPSA) is 69.6 Å². The van der Waals surface area contributed by atoms with Crippen molar-refractivity contribution in [3.63, 3.8) is 0 Å². The van der Waals surface area contributed by atoms with E-state index in [0.717, 1.165) is 18.2 Å². The van der Waals surface area contributed by atoms with Crippen molar-refractivity contribution in [1.82, 2.24) is 5.32 Å². The first kappa shape index (κ1) is 15.5. The van der Waals surface area contributed by atoms with Crippen LogP contribution in [0.4, 0.5) is 8.78 Å². The van der Waals surface area contributed by atoms with E-state index in [0.29, 0.717) is 13.0 Å². The van der Waals surface area contributed by atoms with Crippen LogP contribution in [0.25, 0.3) is 0 Å². The first-order chi connectivity index (χ1) is 8.91. The van der Waals surface area contributed by atoms with Crippen LogP contribution in [0.1, 0.15) is 31.4 Å². The summed E-state index contributed by atoms with van der Waals surface area (Å²) in [7, 11) is 0. The first-order valence-electron chi connectivity index (χ1n) is 6.00. The number of aliphatic hydroxyl groups excluding tert-OH is 1. The van der Waals surface area contributed by atoms with Gasteiger partial charge in [0.15, 0.2) is 0 Å². The van der Waals surface area contributed by atoms with Gasteiger partial charge in [0.2, 0.25) is 0 Å². The standard InChI is InChI=1S/C13H17F2NO3/c1-8(16-6-2-3-12(17)18)13(19)10-7-9(14)4-5-11(10)15/h4-5,7-8,13,16,19H,2-3,6H2,1H3,(H,17,18). The van der Waals surface area contributed by atoms with Gasteiger partial charge in [-0.2, -0.15) is 0 Å². The molecule has 19 heavy (non-hydrogen) atoms. The second kappa shape index (κ2) is 7.16.